The molecule has 0 atom stereocenters. The number of hydrogen-bond donors (Lipinski definition) is 0. The zero-order chi connectivity index (χ0) is 9.61. The van der Waals surface area contributed by atoms with Gasteiger partial charge in [0, 0.05) is 6.42 Å². The molecule has 0 aromatic heterocycles. The standard InChI is InChI=1S/C10H22OSi/c1-5-9-10(11)12(6-2,7-3)8-4/h5-9H2,1-4H3. The van der Waals surface area contributed by atoms with Crippen LogP contribution in [0.25, 0.3) is 0 Å². The molecule has 0 spiro atoms. The summed E-state index contributed by atoms with van der Waals surface area (Å²) in [5.74, 6) is 0. The van der Waals surface area contributed by atoms with E-state index in [1.165, 1.54) is 0 Å². The highest BCUT2D eigenvalue weighted by Gasteiger charge is 2.34. The van der Waals surface area contributed by atoms with Gasteiger partial charge < -0.3 is 4.79 Å². The van der Waals surface area contributed by atoms with E-state index in [0.29, 0.717) is 5.41 Å². The smallest absolute Gasteiger partial charge is 0.132 e. The van der Waals surface area contributed by atoms with Crippen LogP contribution in [-0.2, 0) is 4.79 Å². The molecule has 0 aliphatic rings. The van der Waals surface area contributed by atoms with E-state index in [0.717, 1.165) is 31.0 Å². The van der Waals surface area contributed by atoms with Crippen molar-refractivity contribution in [3.8, 4) is 0 Å². The number of carbonyl (C=O) groups is 1. The van der Waals surface area contributed by atoms with Gasteiger partial charge in [0.05, 0.1) is 0 Å². The summed E-state index contributed by atoms with van der Waals surface area (Å²) >= 11 is 0. The Morgan fingerprint density at radius 2 is 1.42 bits per heavy atom. The first-order chi connectivity index (χ1) is 5.66. The molecule has 0 aliphatic heterocycles. The Labute approximate surface area is 77.6 Å². The number of rotatable bonds is 6. The molecule has 0 aromatic rings. The molecule has 0 amide bonds. The predicted octanol–water partition coefficient (Wildman–Crippen LogP) is 3.40. The molecule has 0 unspecified atom stereocenters. The zero-order valence-corrected chi connectivity index (χ0v) is 9.94. The van der Waals surface area contributed by atoms with Gasteiger partial charge in [-0.25, -0.2) is 0 Å². The van der Waals surface area contributed by atoms with Crippen molar-refractivity contribution in [1.29, 1.82) is 0 Å². The van der Waals surface area contributed by atoms with Crippen LogP contribution in [0.3, 0.4) is 0 Å². The van der Waals surface area contributed by atoms with Crippen molar-refractivity contribution in [2.75, 3.05) is 0 Å². The second kappa shape index (κ2) is 5.52. The van der Waals surface area contributed by atoms with Gasteiger partial charge in [-0.2, -0.15) is 0 Å². The molecule has 0 radical (unpaired) electrons. The molecule has 0 N–H and O–H groups in total. The van der Waals surface area contributed by atoms with Gasteiger partial charge in [0.25, 0.3) is 0 Å². The van der Waals surface area contributed by atoms with Crippen molar-refractivity contribution >= 4 is 13.5 Å². The first-order valence-electron chi connectivity index (χ1n) is 5.20. The van der Waals surface area contributed by atoms with Crippen molar-refractivity contribution in [1.82, 2.24) is 0 Å². The van der Waals surface area contributed by atoms with Gasteiger partial charge in [0.15, 0.2) is 0 Å². The maximum absolute atomic E-state index is 11.8. The van der Waals surface area contributed by atoms with Crippen molar-refractivity contribution in [2.45, 2.75) is 58.7 Å². The van der Waals surface area contributed by atoms with Crippen LogP contribution in [0.15, 0.2) is 0 Å². The molecule has 0 aromatic carbocycles. The van der Waals surface area contributed by atoms with E-state index in [1.54, 1.807) is 0 Å². The molecule has 0 saturated heterocycles. The minimum absolute atomic E-state index is 0.609. The lowest BCUT2D eigenvalue weighted by Gasteiger charge is -2.25. The van der Waals surface area contributed by atoms with Crippen molar-refractivity contribution < 1.29 is 4.79 Å². The highest BCUT2D eigenvalue weighted by molar-refractivity contribution is 7.05. The fourth-order valence-corrected chi connectivity index (χ4v) is 5.30. The molecule has 72 valence electrons. The molecule has 1 nitrogen and oxygen atoms in total. The Hall–Kier alpha value is -0.113. The third-order valence-electron chi connectivity index (χ3n) is 3.10. The minimum Gasteiger partial charge on any atom is -0.305 e. The summed E-state index contributed by atoms with van der Waals surface area (Å²) < 4.78 is 0. The van der Waals surface area contributed by atoms with Crippen LogP contribution in [0.5, 0.6) is 0 Å². The Kier molecular flexibility index (Phi) is 5.47. The Balaban J connectivity index is 4.36. The summed E-state index contributed by atoms with van der Waals surface area (Å²) in [5, 5.41) is 0.609. The van der Waals surface area contributed by atoms with Gasteiger partial charge in [-0.05, 0) is 6.42 Å². The third-order valence-corrected chi connectivity index (χ3v) is 8.59. The fraction of sp³-hybridized carbons (Fsp3) is 0.900. The first-order valence-corrected chi connectivity index (χ1v) is 7.82. The van der Waals surface area contributed by atoms with E-state index >= 15 is 0 Å². The summed E-state index contributed by atoms with van der Waals surface area (Å²) in [5.41, 5.74) is 0. The predicted molar refractivity (Wildman–Crippen MR) is 57.1 cm³/mol. The molecule has 0 saturated carbocycles. The lowest BCUT2D eigenvalue weighted by Crippen LogP contribution is -2.41. The summed E-state index contributed by atoms with van der Waals surface area (Å²) in [6.07, 6.45) is 1.84. The molecule has 0 rings (SSSR count). The second-order valence-corrected chi connectivity index (χ2v) is 8.75. The average Bonchev–Trinajstić information content (AvgIpc) is 2.09. The van der Waals surface area contributed by atoms with E-state index < -0.39 is 8.07 Å². The monoisotopic (exact) mass is 186 g/mol. The van der Waals surface area contributed by atoms with Crippen LogP contribution < -0.4 is 0 Å². The summed E-state index contributed by atoms with van der Waals surface area (Å²) in [7, 11) is -1.48. The van der Waals surface area contributed by atoms with E-state index in [9.17, 15) is 4.79 Å². The third kappa shape index (κ3) is 2.44. The second-order valence-electron chi connectivity index (χ2n) is 3.51. The van der Waals surface area contributed by atoms with E-state index in [2.05, 4.69) is 27.7 Å². The zero-order valence-electron chi connectivity index (χ0n) is 8.94. The highest BCUT2D eigenvalue weighted by atomic mass is 28.3. The van der Waals surface area contributed by atoms with Crippen LogP contribution in [-0.4, -0.2) is 13.5 Å². The van der Waals surface area contributed by atoms with Gasteiger partial charge in [0.2, 0.25) is 0 Å². The van der Waals surface area contributed by atoms with Crippen molar-refractivity contribution in [3.05, 3.63) is 0 Å². The van der Waals surface area contributed by atoms with Crippen LogP contribution in [0.4, 0.5) is 0 Å². The molecule has 0 bridgehead atoms. The molecule has 0 heterocycles. The molecule has 2 heteroatoms. The quantitative estimate of drug-likeness (QED) is 0.581. The van der Waals surface area contributed by atoms with Crippen LogP contribution in [0, 0.1) is 0 Å². The molecule has 12 heavy (non-hydrogen) atoms. The van der Waals surface area contributed by atoms with Crippen molar-refractivity contribution in [2.24, 2.45) is 0 Å². The number of hydrogen-bond acceptors (Lipinski definition) is 1. The van der Waals surface area contributed by atoms with Gasteiger partial charge in [0.1, 0.15) is 13.5 Å². The lowest BCUT2D eigenvalue weighted by molar-refractivity contribution is -0.112. The average molecular weight is 186 g/mol. The first kappa shape index (κ1) is 11.9. The van der Waals surface area contributed by atoms with Crippen LogP contribution in [0.2, 0.25) is 18.1 Å². The minimum atomic E-state index is -1.48. The molecular weight excluding hydrogens is 164 g/mol. The summed E-state index contributed by atoms with van der Waals surface area (Å²) in [6, 6.07) is 3.41. The molecule has 0 aliphatic carbocycles. The van der Waals surface area contributed by atoms with E-state index in [-0.39, 0.29) is 0 Å². The van der Waals surface area contributed by atoms with E-state index in [4.69, 9.17) is 0 Å². The summed E-state index contributed by atoms with van der Waals surface area (Å²) in [4.78, 5) is 11.8. The van der Waals surface area contributed by atoms with E-state index in [1.807, 2.05) is 0 Å². The SMILES string of the molecule is CCCC(=O)[Si](CC)(CC)CC. The topological polar surface area (TPSA) is 17.1 Å². The van der Waals surface area contributed by atoms with Crippen LogP contribution in [0.1, 0.15) is 40.5 Å². The fourth-order valence-electron chi connectivity index (χ4n) is 1.83. The maximum Gasteiger partial charge on any atom is 0.132 e. The lowest BCUT2D eigenvalue weighted by atomic mass is 10.4. The van der Waals surface area contributed by atoms with Gasteiger partial charge in [-0.15, -0.1) is 0 Å². The highest BCUT2D eigenvalue weighted by Crippen LogP contribution is 2.22. The van der Waals surface area contributed by atoms with Crippen molar-refractivity contribution in [3.63, 3.8) is 0 Å². The molecule has 0 fully saturated rings. The normalized spacial score (nSPS) is 11.7. The summed E-state index contributed by atoms with van der Waals surface area (Å²) in [6.45, 7) is 8.66. The number of carbonyl (C=O) groups excluding carboxylic acids is 1. The van der Waals surface area contributed by atoms with Gasteiger partial charge in [-0.3, -0.25) is 0 Å². The maximum atomic E-state index is 11.8. The van der Waals surface area contributed by atoms with Gasteiger partial charge >= 0.3 is 0 Å². The molecular formula is C10H22OSi. The van der Waals surface area contributed by atoms with Gasteiger partial charge in [-0.1, -0.05) is 45.8 Å². The largest absolute Gasteiger partial charge is 0.305 e. The Morgan fingerprint density at radius 3 is 1.67 bits per heavy atom. The Morgan fingerprint density at radius 1 is 1.00 bits per heavy atom. The van der Waals surface area contributed by atoms with Crippen LogP contribution >= 0.6 is 0 Å². The Bertz CT molecular complexity index is 131.